The summed E-state index contributed by atoms with van der Waals surface area (Å²) in [6, 6.07) is 12.5. The van der Waals surface area contributed by atoms with E-state index in [4.69, 9.17) is 23.2 Å². The molecular weight excluding hydrogens is 435 g/mol. The summed E-state index contributed by atoms with van der Waals surface area (Å²) in [5.41, 5.74) is 3.27. The summed E-state index contributed by atoms with van der Waals surface area (Å²) in [6.07, 6.45) is 2.91. The van der Waals surface area contributed by atoms with Gasteiger partial charge in [0, 0.05) is 23.7 Å². The number of hydrogen-bond donors (Lipinski definition) is 1. The van der Waals surface area contributed by atoms with Gasteiger partial charge in [-0.1, -0.05) is 43.1 Å². The van der Waals surface area contributed by atoms with Gasteiger partial charge in [-0.2, -0.15) is 5.10 Å². The Balaban J connectivity index is 1.60. The molecule has 2 heterocycles. The molecule has 160 valence electrons. The normalized spacial score (nSPS) is 13.8. The third-order valence-electron chi connectivity index (χ3n) is 5.22. The van der Waals surface area contributed by atoms with Gasteiger partial charge in [-0.25, -0.2) is 4.68 Å². The van der Waals surface area contributed by atoms with E-state index in [0.29, 0.717) is 39.9 Å². The number of halogens is 2. The van der Waals surface area contributed by atoms with Gasteiger partial charge < -0.3 is 10.2 Å². The van der Waals surface area contributed by atoms with Gasteiger partial charge in [0.25, 0.3) is 5.91 Å². The first-order valence-electron chi connectivity index (χ1n) is 10.1. The largest absolute Gasteiger partial charge is 0.322 e. The van der Waals surface area contributed by atoms with E-state index in [-0.39, 0.29) is 17.7 Å². The van der Waals surface area contributed by atoms with Gasteiger partial charge in [0.15, 0.2) is 0 Å². The monoisotopic (exact) mass is 456 g/mol. The molecule has 0 radical (unpaired) electrons. The first-order valence-corrected chi connectivity index (χ1v) is 10.9. The van der Waals surface area contributed by atoms with Crippen LogP contribution in [0, 0.1) is 0 Å². The second-order valence-corrected chi connectivity index (χ2v) is 8.60. The predicted octanol–water partition coefficient (Wildman–Crippen LogP) is 5.68. The van der Waals surface area contributed by atoms with Crippen LogP contribution >= 0.6 is 23.2 Å². The van der Waals surface area contributed by atoms with Gasteiger partial charge in [0.2, 0.25) is 5.91 Å². The molecule has 1 fully saturated rings. The van der Waals surface area contributed by atoms with Crippen LogP contribution in [0.4, 0.5) is 11.4 Å². The molecule has 0 spiro atoms. The molecule has 0 aliphatic carbocycles. The highest BCUT2D eigenvalue weighted by molar-refractivity contribution is 6.34. The highest BCUT2D eigenvalue weighted by atomic mass is 35.5. The minimum atomic E-state index is -0.280. The molecule has 0 unspecified atom stereocenters. The highest BCUT2D eigenvalue weighted by Crippen LogP contribution is 2.32. The first-order chi connectivity index (χ1) is 14.8. The number of nitrogens with zero attached hydrogens (tertiary/aromatic N) is 3. The molecule has 1 saturated heterocycles. The van der Waals surface area contributed by atoms with Crippen LogP contribution in [-0.2, 0) is 4.79 Å². The first kappa shape index (κ1) is 21.4. The van der Waals surface area contributed by atoms with E-state index >= 15 is 0 Å². The number of nitrogens with one attached hydrogen (secondary N) is 1. The van der Waals surface area contributed by atoms with Gasteiger partial charge in [-0.15, -0.1) is 0 Å². The highest BCUT2D eigenvalue weighted by Gasteiger charge is 2.24. The van der Waals surface area contributed by atoms with E-state index in [1.807, 2.05) is 26.0 Å². The summed E-state index contributed by atoms with van der Waals surface area (Å²) >= 11 is 12.5. The van der Waals surface area contributed by atoms with Gasteiger partial charge in [-0.05, 0) is 48.7 Å². The Morgan fingerprint density at radius 1 is 1.16 bits per heavy atom. The second kappa shape index (κ2) is 8.73. The molecule has 0 bridgehead atoms. The van der Waals surface area contributed by atoms with Crippen LogP contribution in [0.2, 0.25) is 10.0 Å². The van der Waals surface area contributed by atoms with Crippen LogP contribution in [0.1, 0.15) is 48.7 Å². The third-order valence-corrected chi connectivity index (χ3v) is 5.76. The standard InChI is InChI=1S/C23H22Cl2N4O2/c1-14(2)22-18(13-26-29(22)17-6-3-5-15(24)11-17)23(31)27-16-8-9-20(19(25)12-16)28-10-4-7-21(28)30/h3,5-6,8-9,11-14H,4,7,10H2,1-2H3,(H,27,31). The van der Waals surface area contributed by atoms with Gasteiger partial charge >= 0.3 is 0 Å². The predicted molar refractivity (Wildman–Crippen MR) is 124 cm³/mol. The van der Waals surface area contributed by atoms with Crippen molar-refractivity contribution in [1.29, 1.82) is 0 Å². The van der Waals surface area contributed by atoms with Gasteiger partial charge in [-0.3, -0.25) is 9.59 Å². The van der Waals surface area contributed by atoms with Crippen LogP contribution in [0.15, 0.2) is 48.7 Å². The van der Waals surface area contributed by atoms with Crippen molar-refractivity contribution in [3.8, 4) is 5.69 Å². The van der Waals surface area contributed by atoms with E-state index in [9.17, 15) is 9.59 Å². The van der Waals surface area contributed by atoms with E-state index in [0.717, 1.165) is 17.8 Å². The average Bonchev–Trinajstić information content (AvgIpc) is 3.35. The number of aromatic nitrogens is 2. The fraction of sp³-hybridized carbons (Fsp3) is 0.261. The lowest BCUT2D eigenvalue weighted by molar-refractivity contribution is -0.117. The van der Waals surface area contributed by atoms with E-state index < -0.39 is 0 Å². The molecule has 31 heavy (non-hydrogen) atoms. The van der Waals surface area contributed by atoms with Crippen molar-refractivity contribution in [3.05, 3.63) is 70.0 Å². The van der Waals surface area contributed by atoms with E-state index in [2.05, 4.69) is 10.4 Å². The van der Waals surface area contributed by atoms with Crippen molar-refractivity contribution < 1.29 is 9.59 Å². The molecule has 1 N–H and O–H groups in total. The van der Waals surface area contributed by atoms with Crippen molar-refractivity contribution in [1.82, 2.24) is 9.78 Å². The van der Waals surface area contributed by atoms with Crippen LogP contribution in [0.3, 0.4) is 0 Å². The molecule has 0 atom stereocenters. The maximum absolute atomic E-state index is 13.1. The Labute approximate surface area is 190 Å². The molecule has 1 aromatic heterocycles. The van der Waals surface area contributed by atoms with Crippen LogP contribution < -0.4 is 10.2 Å². The van der Waals surface area contributed by atoms with Crippen molar-refractivity contribution in [2.75, 3.05) is 16.8 Å². The van der Waals surface area contributed by atoms with Gasteiger partial charge in [0.05, 0.1) is 33.9 Å². The van der Waals surface area contributed by atoms with Crippen LogP contribution in [-0.4, -0.2) is 28.1 Å². The number of hydrogen-bond acceptors (Lipinski definition) is 3. The van der Waals surface area contributed by atoms with Gasteiger partial charge in [0.1, 0.15) is 0 Å². The maximum atomic E-state index is 13.1. The Bertz CT molecular complexity index is 1160. The quantitative estimate of drug-likeness (QED) is 0.536. The number of anilines is 2. The van der Waals surface area contributed by atoms with Crippen molar-refractivity contribution >= 4 is 46.4 Å². The summed E-state index contributed by atoms with van der Waals surface area (Å²) in [6.45, 7) is 4.67. The number of benzene rings is 2. The minimum absolute atomic E-state index is 0.0503. The molecule has 0 saturated carbocycles. The minimum Gasteiger partial charge on any atom is -0.322 e. The molecule has 2 aromatic carbocycles. The lowest BCUT2D eigenvalue weighted by atomic mass is 10.0. The number of amides is 2. The molecule has 1 aliphatic rings. The topological polar surface area (TPSA) is 67.2 Å². The molecule has 1 aliphatic heterocycles. The SMILES string of the molecule is CC(C)c1c(C(=O)Nc2ccc(N3CCCC3=O)c(Cl)c2)cnn1-c1cccc(Cl)c1. The maximum Gasteiger partial charge on any atom is 0.259 e. The fourth-order valence-corrected chi connectivity index (χ4v) is 4.27. The van der Waals surface area contributed by atoms with E-state index in [1.54, 1.807) is 46.1 Å². The zero-order chi connectivity index (χ0) is 22.1. The number of rotatable bonds is 5. The Kier molecular flexibility index (Phi) is 6.03. The van der Waals surface area contributed by atoms with Crippen molar-refractivity contribution in [3.63, 3.8) is 0 Å². The van der Waals surface area contributed by atoms with Crippen LogP contribution in [0.5, 0.6) is 0 Å². The summed E-state index contributed by atoms with van der Waals surface area (Å²) < 4.78 is 1.74. The van der Waals surface area contributed by atoms with E-state index in [1.165, 1.54) is 0 Å². The Morgan fingerprint density at radius 2 is 1.97 bits per heavy atom. The number of carbonyl (C=O) groups is 2. The number of carbonyl (C=O) groups excluding carboxylic acids is 2. The van der Waals surface area contributed by atoms with Crippen LogP contribution in [0.25, 0.3) is 5.69 Å². The summed E-state index contributed by atoms with van der Waals surface area (Å²) in [4.78, 5) is 26.7. The summed E-state index contributed by atoms with van der Waals surface area (Å²) in [5, 5.41) is 8.34. The smallest absolute Gasteiger partial charge is 0.259 e. The molecular formula is C23H22Cl2N4O2. The second-order valence-electron chi connectivity index (χ2n) is 7.76. The molecule has 2 amide bonds. The average molecular weight is 457 g/mol. The fourth-order valence-electron chi connectivity index (χ4n) is 3.81. The molecule has 3 aromatic rings. The molecule has 6 nitrogen and oxygen atoms in total. The van der Waals surface area contributed by atoms with Crippen molar-refractivity contribution in [2.24, 2.45) is 0 Å². The lowest BCUT2D eigenvalue weighted by Gasteiger charge is -2.18. The zero-order valence-electron chi connectivity index (χ0n) is 17.2. The van der Waals surface area contributed by atoms with Crippen molar-refractivity contribution in [2.45, 2.75) is 32.6 Å². The zero-order valence-corrected chi connectivity index (χ0v) is 18.7. The summed E-state index contributed by atoms with van der Waals surface area (Å²) in [5.74, 6) is -0.166. The lowest BCUT2D eigenvalue weighted by Crippen LogP contribution is -2.24. The summed E-state index contributed by atoms with van der Waals surface area (Å²) in [7, 11) is 0. The Hall–Kier alpha value is -2.83. The molecule has 4 rings (SSSR count). The third kappa shape index (κ3) is 4.31. The molecule has 8 heteroatoms. The Morgan fingerprint density at radius 3 is 2.61 bits per heavy atom.